The van der Waals surface area contributed by atoms with Gasteiger partial charge in [-0.2, -0.15) is 0 Å². The minimum atomic E-state index is -1.68. The molecular formula is C19H20ClF3N3O2+. The van der Waals surface area contributed by atoms with Gasteiger partial charge in [-0.15, -0.1) is 0 Å². The Labute approximate surface area is 165 Å². The quantitative estimate of drug-likeness (QED) is 0.609. The van der Waals surface area contributed by atoms with Crippen molar-refractivity contribution in [2.45, 2.75) is 25.9 Å². The Balaban J connectivity index is 1.86. The van der Waals surface area contributed by atoms with Crippen LogP contribution in [0.15, 0.2) is 36.4 Å². The molecule has 2 rings (SSSR count). The van der Waals surface area contributed by atoms with E-state index in [1.54, 1.807) is 18.3 Å². The molecule has 150 valence electrons. The van der Waals surface area contributed by atoms with Gasteiger partial charge >= 0.3 is 0 Å². The van der Waals surface area contributed by atoms with E-state index in [0.29, 0.717) is 11.1 Å². The Kier molecular flexibility index (Phi) is 7.42. The number of halogens is 4. The highest BCUT2D eigenvalue weighted by molar-refractivity contribution is 6.31. The standard InChI is InChI=1S/C19H19ClF3N3O2/c1-10(12-5-3-4-6-13(12)20)25-11(2)19(28)24-9-16(27)26-15-8-7-14(21)17(22)18(15)23/h3-8,10-11,25H,9H2,1-2H3,(H,24,28)(H,26,27)/p+1/t10-,11+/m1/s1. The van der Waals surface area contributed by atoms with Gasteiger partial charge in [0.05, 0.1) is 12.2 Å². The lowest BCUT2D eigenvalue weighted by atomic mass is 10.1. The van der Waals surface area contributed by atoms with E-state index >= 15 is 0 Å². The lowest BCUT2D eigenvalue weighted by Crippen LogP contribution is -2.92. The van der Waals surface area contributed by atoms with Gasteiger partial charge in [-0.3, -0.25) is 9.59 Å². The van der Waals surface area contributed by atoms with Crippen molar-refractivity contribution < 1.29 is 28.1 Å². The average Bonchev–Trinajstić information content (AvgIpc) is 2.66. The number of carbonyl (C=O) groups excluding carboxylic acids is 2. The highest BCUT2D eigenvalue weighted by atomic mass is 35.5. The van der Waals surface area contributed by atoms with Gasteiger partial charge in [0, 0.05) is 10.6 Å². The largest absolute Gasteiger partial charge is 0.342 e. The Morgan fingerprint density at radius 3 is 2.43 bits per heavy atom. The van der Waals surface area contributed by atoms with Crippen molar-refractivity contribution in [2.75, 3.05) is 11.9 Å². The first-order valence-electron chi connectivity index (χ1n) is 8.51. The summed E-state index contributed by atoms with van der Waals surface area (Å²) in [6, 6.07) is 8.24. The summed E-state index contributed by atoms with van der Waals surface area (Å²) in [5.74, 6) is -5.74. The second-order valence-electron chi connectivity index (χ2n) is 6.28. The predicted molar refractivity (Wildman–Crippen MR) is 99.2 cm³/mol. The molecule has 2 amide bonds. The lowest BCUT2D eigenvalue weighted by molar-refractivity contribution is -0.710. The number of nitrogens with one attached hydrogen (secondary N) is 2. The zero-order chi connectivity index (χ0) is 20.8. The molecule has 0 unspecified atom stereocenters. The third-order valence-corrected chi connectivity index (χ3v) is 4.46. The van der Waals surface area contributed by atoms with Crippen molar-refractivity contribution in [3.8, 4) is 0 Å². The third-order valence-electron chi connectivity index (χ3n) is 4.12. The minimum Gasteiger partial charge on any atom is -0.342 e. The molecule has 2 atom stereocenters. The van der Waals surface area contributed by atoms with E-state index in [2.05, 4.69) is 10.6 Å². The molecule has 2 aromatic rings. The molecule has 0 saturated heterocycles. The maximum atomic E-state index is 13.6. The van der Waals surface area contributed by atoms with Gasteiger partial charge in [-0.05, 0) is 32.0 Å². The van der Waals surface area contributed by atoms with E-state index in [-0.39, 0.29) is 6.04 Å². The highest BCUT2D eigenvalue weighted by Crippen LogP contribution is 2.20. The van der Waals surface area contributed by atoms with Crippen LogP contribution in [0.1, 0.15) is 25.5 Å². The molecule has 0 heterocycles. The van der Waals surface area contributed by atoms with E-state index in [4.69, 9.17) is 11.6 Å². The van der Waals surface area contributed by atoms with Gasteiger partial charge in [-0.1, -0.05) is 29.8 Å². The van der Waals surface area contributed by atoms with E-state index in [0.717, 1.165) is 11.6 Å². The summed E-state index contributed by atoms with van der Waals surface area (Å²) in [5.41, 5.74) is 0.362. The van der Waals surface area contributed by atoms with Gasteiger partial charge in [0.1, 0.15) is 6.04 Å². The molecule has 4 N–H and O–H groups in total. The Hall–Kier alpha value is -2.58. The number of anilines is 1. The normalized spacial score (nSPS) is 12.9. The zero-order valence-electron chi connectivity index (χ0n) is 15.2. The predicted octanol–water partition coefficient (Wildman–Crippen LogP) is 2.53. The summed E-state index contributed by atoms with van der Waals surface area (Å²) in [6.45, 7) is 3.11. The zero-order valence-corrected chi connectivity index (χ0v) is 16.0. The van der Waals surface area contributed by atoms with Crippen LogP contribution in [0, 0.1) is 17.5 Å². The smallest absolute Gasteiger partial charge is 0.278 e. The molecule has 0 bridgehead atoms. The number of carbonyl (C=O) groups is 2. The van der Waals surface area contributed by atoms with Crippen LogP contribution in [0.25, 0.3) is 0 Å². The molecule has 0 aliphatic carbocycles. The fraction of sp³-hybridized carbons (Fsp3) is 0.263. The number of rotatable bonds is 7. The second-order valence-corrected chi connectivity index (χ2v) is 6.69. The van der Waals surface area contributed by atoms with Gasteiger partial charge in [0.25, 0.3) is 5.91 Å². The monoisotopic (exact) mass is 414 g/mol. The summed E-state index contributed by atoms with van der Waals surface area (Å²) >= 11 is 6.14. The maximum Gasteiger partial charge on any atom is 0.278 e. The number of nitrogens with two attached hydrogens (primary N) is 1. The molecule has 0 aliphatic rings. The van der Waals surface area contributed by atoms with Gasteiger partial charge in [0.15, 0.2) is 23.5 Å². The molecule has 2 aromatic carbocycles. The fourth-order valence-corrected chi connectivity index (χ4v) is 2.92. The Bertz CT molecular complexity index is 879. The maximum absolute atomic E-state index is 13.6. The van der Waals surface area contributed by atoms with Gasteiger partial charge in [-0.25, -0.2) is 13.2 Å². The van der Waals surface area contributed by atoms with Crippen LogP contribution in [0.4, 0.5) is 18.9 Å². The van der Waals surface area contributed by atoms with Crippen LogP contribution in [-0.2, 0) is 9.59 Å². The first-order chi connectivity index (χ1) is 13.2. The third kappa shape index (κ3) is 5.46. The van der Waals surface area contributed by atoms with Crippen LogP contribution in [0.3, 0.4) is 0 Å². The topological polar surface area (TPSA) is 74.8 Å². The van der Waals surface area contributed by atoms with Crippen LogP contribution < -0.4 is 16.0 Å². The van der Waals surface area contributed by atoms with Crippen LogP contribution >= 0.6 is 11.6 Å². The summed E-state index contributed by atoms with van der Waals surface area (Å²) in [5, 5.41) is 6.87. The number of amides is 2. The molecule has 0 fully saturated rings. The first kappa shape index (κ1) is 21.7. The summed E-state index contributed by atoms with van der Waals surface area (Å²) in [7, 11) is 0. The van der Waals surface area contributed by atoms with Gasteiger partial charge in [0.2, 0.25) is 5.91 Å². The highest BCUT2D eigenvalue weighted by Gasteiger charge is 2.22. The Morgan fingerprint density at radius 2 is 1.75 bits per heavy atom. The van der Waals surface area contributed by atoms with Crippen molar-refractivity contribution in [1.82, 2.24) is 5.32 Å². The Morgan fingerprint density at radius 1 is 1.07 bits per heavy atom. The van der Waals surface area contributed by atoms with Crippen molar-refractivity contribution >= 4 is 29.1 Å². The first-order valence-corrected chi connectivity index (χ1v) is 8.89. The van der Waals surface area contributed by atoms with Crippen LogP contribution in [0.2, 0.25) is 5.02 Å². The molecule has 0 spiro atoms. The molecule has 5 nitrogen and oxygen atoms in total. The van der Waals surface area contributed by atoms with Crippen molar-refractivity contribution in [1.29, 1.82) is 0 Å². The summed E-state index contributed by atoms with van der Waals surface area (Å²) in [6.07, 6.45) is 0. The molecule has 0 aliphatic heterocycles. The van der Waals surface area contributed by atoms with E-state index in [1.165, 1.54) is 0 Å². The number of benzene rings is 2. The van der Waals surface area contributed by atoms with Crippen LogP contribution in [-0.4, -0.2) is 24.4 Å². The molecule has 0 saturated carbocycles. The lowest BCUT2D eigenvalue weighted by Gasteiger charge is -2.17. The fourth-order valence-electron chi connectivity index (χ4n) is 2.61. The summed E-state index contributed by atoms with van der Waals surface area (Å²) < 4.78 is 39.6. The van der Waals surface area contributed by atoms with E-state index in [9.17, 15) is 22.8 Å². The molecular weight excluding hydrogens is 395 g/mol. The average molecular weight is 415 g/mol. The summed E-state index contributed by atoms with van der Waals surface area (Å²) in [4.78, 5) is 24.0. The van der Waals surface area contributed by atoms with Crippen molar-refractivity contribution in [3.63, 3.8) is 0 Å². The van der Waals surface area contributed by atoms with Gasteiger partial charge < -0.3 is 16.0 Å². The number of hydrogen-bond donors (Lipinski definition) is 3. The number of hydrogen-bond acceptors (Lipinski definition) is 2. The second kappa shape index (κ2) is 9.57. The molecule has 9 heteroatoms. The minimum absolute atomic E-state index is 0.0976. The molecule has 0 aromatic heterocycles. The molecule has 0 radical (unpaired) electrons. The van der Waals surface area contributed by atoms with Crippen LogP contribution in [0.5, 0.6) is 0 Å². The number of quaternary nitrogens is 1. The van der Waals surface area contributed by atoms with E-state index in [1.807, 2.05) is 25.1 Å². The van der Waals surface area contributed by atoms with E-state index < -0.39 is 47.5 Å². The van der Waals surface area contributed by atoms with Crippen molar-refractivity contribution in [2.24, 2.45) is 0 Å². The molecule has 28 heavy (non-hydrogen) atoms. The SMILES string of the molecule is C[C@H]([NH2+][C@H](C)c1ccccc1Cl)C(=O)NCC(=O)Nc1ccc(F)c(F)c1F. The van der Waals surface area contributed by atoms with Crippen molar-refractivity contribution in [3.05, 3.63) is 64.4 Å².